The summed E-state index contributed by atoms with van der Waals surface area (Å²) in [5, 5.41) is 0. The molecule has 0 spiro atoms. The Kier molecular flexibility index (Phi) is 16.7. The summed E-state index contributed by atoms with van der Waals surface area (Å²) >= 11 is 0. The Balaban J connectivity index is 1.73. The lowest BCUT2D eigenvalue weighted by Crippen LogP contribution is -2.15. The molecule has 29 heavy (non-hydrogen) atoms. The summed E-state index contributed by atoms with van der Waals surface area (Å²) in [5.41, 5.74) is 0.531. The van der Waals surface area contributed by atoms with E-state index in [1.54, 1.807) is 24.3 Å². The molecule has 0 N–H and O–H groups in total. The molecule has 164 valence electrons. The number of hydrogen-bond acceptors (Lipinski definition) is 8. The van der Waals surface area contributed by atoms with Gasteiger partial charge in [-0.25, -0.2) is 4.79 Å². The first kappa shape index (κ1) is 25.1. The van der Waals surface area contributed by atoms with Crippen LogP contribution in [0.5, 0.6) is 0 Å². The van der Waals surface area contributed by atoms with Crippen LogP contribution in [-0.2, 0) is 33.2 Å². The molecule has 1 aromatic carbocycles. The van der Waals surface area contributed by atoms with Gasteiger partial charge in [0, 0.05) is 0 Å². The summed E-state index contributed by atoms with van der Waals surface area (Å²) in [4.78, 5) is 11.7. The van der Waals surface area contributed by atoms with Crippen molar-refractivity contribution in [2.45, 2.75) is 0 Å². The lowest BCUT2D eigenvalue weighted by Gasteiger charge is -2.08. The van der Waals surface area contributed by atoms with E-state index >= 15 is 0 Å². The van der Waals surface area contributed by atoms with Gasteiger partial charge in [0.1, 0.15) is 13.2 Å². The fourth-order valence-electron chi connectivity index (χ4n) is 2.02. The van der Waals surface area contributed by atoms with Crippen molar-refractivity contribution in [3.63, 3.8) is 0 Å². The van der Waals surface area contributed by atoms with Crippen LogP contribution in [0.25, 0.3) is 0 Å². The number of esters is 1. The zero-order valence-electron chi connectivity index (χ0n) is 16.9. The van der Waals surface area contributed by atoms with E-state index in [4.69, 9.17) is 33.2 Å². The molecular formula is C21H32O8. The van der Waals surface area contributed by atoms with Gasteiger partial charge in [-0.05, 0) is 12.1 Å². The molecule has 8 heteroatoms. The minimum Gasteiger partial charge on any atom is -0.499 e. The van der Waals surface area contributed by atoms with Crippen molar-refractivity contribution >= 4 is 5.97 Å². The standard InChI is InChI=1S/C21H32O8/c1-2-23-8-9-24-10-11-25-12-13-26-14-15-27-16-17-28-18-19-29-21(22)20-6-4-3-5-7-20/h2-7H,1,8-19H2. The Morgan fingerprint density at radius 3 is 1.52 bits per heavy atom. The molecule has 1 aromatic rings. The first-order valence-corrected chi connectivity index (χ1v) is 9.68. The Morgan fingerprint density at radius 1 is 0.655 bits per heavy atom. The lowest BCUT2D eigenvalue weighted by atomic mass is 10.2. The van der Waals surface area contributed by atoms with Crippen LogP contribution in [0.15, 0.2) is 43.2 Å². The molecule has 0 bridgehead atoms. The molecular weight excluding hydrogens is 380 g/mol. The molecule has 0 amide bonds. The van der Waals surface area contributed by atoms with E-state index in [-0.39, 0.29) is 12.6 Å². The van der Waals surface area contributed by atoms with Crippen LogP contribution in [0.3, 0.4) is 0 Å². The predicted octanol–water partition coefficient (Wildman–Crippen LogP) is 2.09. The van der Waals surface area contributed by atoms with Crippen molar-refractivity contribution in [3.05, 3.63) is 48.7 Å². The van der Waals surface area contributed by atoms with E-state index < -0.39 is 0 Å². The third kappa shape index (κ3) is 15.6. The molecule has 0 atom stereocenters. The first-order valence-electron chi connectivity index (χ1n) is 9.68. The molecule has 0 heterocycles. The molecule has 0 aliphatic rings. The molecule has 0 radical (unpaired) electrons. The summed E-state index contributed by atoms with van der Waals surface area (Å²) < 4.78 is 36.8. The maximum Gasteiger partial charge on any atom is 0.338 e. The highest BCUT2D eigenvalue weighted by Crippen LogP contribution is 2.00. The second-order valence-corrected chi connectivity index (χ2v) is 5.60. The van der Waals surface area contributed by atoms with Gasteiger partial charge >= 0.3 is 5.97 Å². The topological polar surface area (TPSA) is 81.7 Å². The predicted molar refractivity (Wildman–Crippen MR) is 107 cm³/mol. The van der Waals surface area contributed by atoms with E-state index in [2.05, 4.69) is 6.58 Å². The molecule has 0 saturated heterocycles. The van der Waals surface area contributed by atoms with Gasteiger partial charge in [-0.2, -0.15) is 0 Å². The zero-order chi connectivity index (χ0) is 20.8. The Labute approximate surface area is 172 Å². The normalized spacial score (nSPS) is 10.6. The number of ether oxygens (including phenoxy) is 7. The summed E-state index contributed by atoms with van der Waals surface area (Å²) in [6.07, 6.45) is 1.39. The molecule has 1 rings (SSSR count). The molecule has 0 fully saturated rings. The highest BCUT2D eigenvalue weighted by molar-refractivity contribution is 5.89. The van der Waals surface area contributed by atoms with Crippen molar-refractivity contribution in [2.24, 2.45) is 0 Å². The van der Waals surface area contributed by atoms with E-state index in [0.29, 0.717) is 78.2 Å². The molecule has 0 aromatic heterocycles. The minimum absolute atomic E-state index is 0.213. The molecule has 0 aliphatic heterocycles. The largest absolute Gasteiger partial charge is 0.499 e. The van der Waals surface area contributed by atoms with Gasteiger partial charge in [0.15, 0.2) is 0 Å². The van der Waals surface area contributed by atoms with Crippen LogP contribution >= 0.6 is 0 Å². The van der Waals surface area contributed by atoms with Crippen LogP contribution < -0.4 is 0 Å². The minimum atomic E-state index is -0.350. The van der Waals surface area contributed by atoms with Crippen molar-refractivity contribution < 1.29 is 38.0 Å². The molecule has 0 saturated carbocycles. The van der Waals surface area contributed by atoms with Crippen LogP contribution in [0, 0.1) is 0 Å². The number of hydrogen-bond donors (Lipinski definition) is 0. The number of carbonyl (C=O) groups is 1. The van der Waals surface area contributed by atoms with Crippen molar-refractivity contribution in [3.8, 4) is 0 Å². The van der Waals surface area contributed by atoms with Crippen LogP contribution in [0.1, 0.15) is 10.4 Å². The van der Waals surface area contributed by atoms with E-state index in [1.807, 2.05) is 6.07 Å². The monoisotopic (exact) mass is 412 g/mol. The Hall–Kier alpha value is -1.97. The molecule has 0 unspecified atom stereocenters. The van der Waals surface area contributed by atoms with E-state index in [9.17, 15) is 4.79 Å². The maximum atomic E-state index is 11.7. The van der Waals surface area contributed by atoms with Crippen LogP contribution in [-0.4, -0.2) is 85.3 Å². The Bertz CT molecular complexity index is 509. The van der Waals surface area contributed by atoms with E-state index in [1.165, 1.54) is 6.26 Å². The van der Waals surface area contributed by atoms with Crippen molar-refractivity contribution in [1.82, 2.24) is 0 Å². The smallest absolute Gasteiger partial charge is 0.338 e. The lowest BCUT2D eigenvalue weighted by molar-refractivity contribution is -0.0170. The Morgan fingerprint density at radius 2 is 1.07 bits per heavy atom. The number of carbonyl (C=O) groups excluding carboxylic acids is 1. The van der Waals surface area contributed by atoms with Gasteiger partial charge in [-0.15, -0.1) is 0 Å². The van der Waals surface area contributed by atoms with Gasteiger partial charge in [0.05, 0.1) is 77.9 Å². The third-order valence-corrected chi connectivity index (χ3v) is 3.42. The fraction of sp³-hybridized carbons (Fsp3) is 0.571. The third-order valence-electron chi connectivity index (χ3n) is 3.42. The quantitative estimate of drug-likeness (QED) is 0.183. The maximum absolute atomic E-state index is 11.7. The van der Waals surface area contributed by atoms with Crippen molar-refractivity contribution in [1.29, 1.82) is 0 Å². The SMILES string of the molecule is C=COCCOCCOCCOCCOCCOCCOC(=O)c1ccccc1. The summed E-state index contributed by atoms with van der Waals surface area (Å²) in [6, 6.07) is 8.85. The molecule has 0 aliphatic carbocycles. The second-order valence-electron chi connectivity index (χ2n) is 5.60. The van der Waals surface area contributed by atoms with Gasteiger partial charge < -0.3 is 33.2 Å². The van der Waals surface area contributed by atoms with Crippen LogP contribution in [0.2, 0.25) is 0 Å². The first-order chi connectivity index (χ1) is 14.3. The fourth-order valence-corrected chi connectivity index (χ4v) is 2.02. The molecule has 8 nitrogen and oxygen atoms in total. The van der Waals surface area contributed by atoms with Crippen molar-refractivity contribution in [2.75, 3.05) is 79.3 Å². The van der Waals surface area contributed by atoms with Gasteiger partial charge in [0.2, 0.25) is 0 Å². The summed E-state index contributed by atoms with van der Waals surface area (Å²) in [7, 11) is 0. The highest BCUT2D eigenvalue weighted by atomic mass is 16.6. The van der Waals surface area contributed by atoms with Gasteiger partial charge in [-0.1, -0.05) is 24.8 Å². The second kappa shape index (κ2) is 19.4. The zero-order valence-corrected chi connectivity index (χ0v) is 16.9. The van der Waals surface area contributed by atoms with Gasteiger partial charge in [-0.3, -0.25) is 0 Å². The summed E-state index contributed by atoms with van der Waals surface area (Å²) in [5.74, 6) is -0.350. The average Bonchev–Trinajstić information content (AvgIpc) is 2.75. The van der Waals surface area contributed by atoms with Gasteiger partial charge in [0.25, 0.3) is 0 Å². The number of benzene rings is 1. The van der Waals surface area contributed by atoms with E-state index in [0.717, 1.165) is 0 Å². The summed E-state index contributed by atoms with van der Waals surface area (Å²) in [6.45, 7) is 8.94. The highest BCUT2D eigenvalue weighted by Gasteiger charge is 2.04. The average molecular weight is 412 g/mol. The van der Waals surface area contributed by atoms with Crippen LogP contribution in [0.4, 0.5) is 0 Å². The number of rotatable bonds is 20.